The minimum Gasteiger partial charge on any atom is -0.403 e. The highest BCUT2D eigenvalue weighted by Gasteiger charge is 2.50. The molecule has 1 heterocycles. The van der Waals surface area contributed by atoms with Crippen LogP contribution in [-0.4, -0.2) is 19.2 Å². The summed E-state index contributed by atoms with van der Waals surface area (Å²) in [4.78, 5) is 11.4. The van der Waals surface area contributed by atoms with Crippen molar-refractivity contribution in [2.24, 2.45) is 0 Å². The van der Waals surface area contributed by atoms with Crippen molar-refractivity contribution >= 4 is 40.9 Å². The number of nitrogens with zero attached hydrogens (tertiary/aromatic N) is 1. The zero-order valence-electron chi connectivity index (χ0n) is 19.2. The lowest BCUT2D eigenvalue weighted by molar-refractivity contribution is 0.111. The van der Waals surface area contributed by atoms with Crippen LogP contribution in [0.15, 0.2) is 102 Å². The first-order valence-corrected chi connectivity index (χ1v) is 13.7. The Balaban J connectivity index is 1.70. The van der Waals surface area contributed by atoms with Gasteiger partial charge in [0.1, 0.15) is 0 Å². The van der Waals surface area contributed by atoms with Gasteiger partial charge in [0.15, 0.2) is 6.29 Å². The molecule has 0 radical (unpaired) electrons. The summed E-state index contributed by atoms with van der Waals surface area (Å²) in [6, 6.07) is 33.2. The van der Waals surface area contributed by atoms with Gasteiger partial charge in [0, 0.05) is 5.69 Å². The molecule has 4 rings (SSSR count). The van der Waals surface area contributed by atoms with Gasteiger partial charge in [-0.1, -0.05) is 93.6 Å². The minimum atomic E-state index is -2.58. The molecule has 0 unspecified atom stereocenters. The summed E-state index contributed by atoms with van der Waals surface area (Å²) >= 11 is 3.53. The van der Waals surface area contributed by atoms with Crippen molar-refractivity contribution in [2.75, 3.05) is 0 Å². The molecular weight excluding hydrogens is 490 g/mol. The first kappa shape index (κ1) is 23.4. The third-order valence-corrected chi connectivity index (χ3v) is 11.7. The summed E-state index contributed by atoms with van der Waals surface area (Å²) in [7, 11) is -2.58. The summed E-state index contributed by atoms with van der Waals surface area (Å²) in [6.45, 7) is 7.37. The van der Waals surface area contributed by atoms with Crippen molar-refractivity contribution in [2.45, 2.75) is 32.4 Å². The molecule has 0 saturated carbocycles. The number of halogens is 1. The van der Waals surface area contributed by atoms with E-state index < -0.39 is 8.32 Å². The van der Waals surface area contributed by atoms with E-state index in [1.165, 1.54) is 10.4 Å². The van der Waals surface area contributed by atoms with Crippen molar-refractivity contribution in [1.29, 1.82) is 0 Å². The van der Waals surface area contributed by atoms with E-state index in [-0.39, 0.29) is 5.04 Å². The summed E-state index contributed by atoms with van der Waals surface area (Å²) in [5.41, 5.74) is 2.64. The molecule has 3 nitrogen and oxygen atoms in total. The summed E-state index contributed by atoms with van der Waals surface area (Å²) in [5, 5.41) is 2.48. The zero-order valence-corrected chi connectivity index (χ0v) is 21.7. The van der Waals surface area contributed by atoms with Crippen molar-refractivity contribution in [1.82, 2.24) is 4.57 Å². The van der Waals surface area contributed by atoms with Gasteiger partial charge in [-0.15, -0.1) is 0 Å². The highest BCUT2D eigenvalue weighted by Crippen LogP contribution is 2.37. The van der Waals surface area contributed by atoms with Gasteiger partial charge < -0.3 is 8.99 Å². The Hall–Kier alpha value is -2.73. The second kappa shape index (κ2) is 9.63. The minimum absolute atomic E-state index is 0.0650. The van der Waals surface area contributed by atoms with Crippen LogP contribution in [0.4, 0.5) is 0 Å². The Morgan fingerprint density at radius 1 is 0.818 bits per heavy atom. The Kier molecular flexibility index (Phi) is 6.84. The van der Waals surface area contributed by atoms with Crippen molar-refractivity contribution < 1.29 is 9.22 Å². The lowest BCUT2D eigenvalue weighted by Gasteiger charge is -2.43. The van der Waals surface area contributed by atoms with Crippen LogP contribution in [0.25, 0.3) is 5.69 Å². The Morgan fingerprint density at radius 2 is 1.36 bits per heavy atom. The molecule has 0 aliphatic heterocycles. The Labute approximate surface area is 205 Å². The number of hydrogen-bond acceptors (Lipinski definition) is 2. The molecule has 0 fully saturated rings. The average molecular weight is 519 g/mol. The third-order valence-electron chi connectivity index (χ3n) is 6.05. The fourth-order valence-corrected chi connectivity index (χ4v) is 9.57. The maximum Gasteiger partial charge on any atom is 0.261 e. The lowest BCUT2D eigenvalue weighted by atomic mass is 10.2. The number of hydrogen-bond donors (Lipinski definition) is 0. The summed E-state index contributed by atoms with van der Waals surface area (Å²) in [6.07, 6.45) is 0.866. The van der Waals surface area contributed by atoms with Crippen LogP contribution in [0.2, 0.25) is 5.04 Å². The standard InChI is InChI=1S/C28H28BrNO2Si/c1-28(2,3)33(25-10-6-4-7-11-25,26-12-8-5-9-13-26)32-21-22-14-16-23(17-15-22)30-24(20-31)18-19-27(30)29/h4-20H,21H2,1-3H3. The normalized spacial score (nSPS) is 12.0. The maximum absolute atomic E-state index is 11.4. The molecule has 0 amide bonds. The van der Waals surface area contributed by atoms with Gasteiger partial charge in [0.25, 0.3) is 8.32 Å². The highest BCUT2D eigenvalue weighted by atomic mass is 79.9. The van der Waals surface area contributed by atoms with Crippen molar-refractivity contribution in [3.05, 3.63) is 113 Å². The van der Waals surface area contributed by atoms with E-state index in [9.17, 15) is 4.79 Å². The van der Waals surface area contributed by atoms with Gasteiger partial charge in [-0.05, 0) is 61.2 Å². The van der Waals surface area contributed by atoms with E-state index in [0.29, 0.717) is 12.3 Å². The van der Waals surface area contributed by atoms with Crippen LogP contribution < -0.4 is 10.4 Å². The van der Waals surface area contributed by atoms with Gasteiger partial charge in [-0.25, -0.2) is 0 Å². The molecule has 0 spiro atoms. The predicted octanol–water partition coefficient (Wildman–Crippen LogP) is 6.13. The van der Waals surface area contributed by atoms with Crippen LogP contribution >= 0.6 is 15.9 Å². The predicted molar refractivity (Wildman–Crippen MR) is 141 cm³/mol. The molecule has 3 aromatic carbocycles. The van der Waals surface area contributed by atoms with Crippen LogP contribution in [0.3, 0.4) is 0 Å². The van der Waals surface area contributed by atoms with Gasteiger partial charge in [0.05, 0.1) is 16.9 Å². The molecule has 0 atom stereocenters. The molecule has 0 bridgehead atoms. The van der Waals surface area contributed by atoms with Gasteiger partial charge in [-0.3, -0.25) is 4.79 Å². The number of carbonyl (C=O) groups is 1. The quantitative estimate of drug-likeness (QED) is 0.218. The molecule has 168 valence electrons. The number of benzene rings is 3. The third kappa shape index (κ3) is 4.54. The van der Waals surface area contributed by atoms with Crippen LogP contribution in [0.1, 0.15) is 36.8 Å². The summed E-state index contributed by atoms with van der Waals surface area (Å²) < 4.78 is 9.75. The molecule has 5 heteroatoms. The zero-order chi connectivity index (χ0) is 23.5. The first-order valence-electron chi connectivity index (χ1n) is 11.0. The van der Waals surface area contributed by atoms with Crippen molar-refractivity contribution in [3.63, 3.8) is 0 Å². The fourth-order valence-electron chi connectivity index (χ4n) is 4.49. The smallest absolute Gasteiger partial charge is 0.261 e. The number of carbonyl (C=O) groups excluding carboxylic acids is 1. The number of aromatic nitrogens is 1. The largest absolute Gasteiger partial charge is 0.403 e. The first-order chi connectivity index (χ1) is 15.9. The number of rotatable bonds is 7. The van der Waals surface area contributed by atoms with Crippen LogP contribution in [0, 0.1) is 0 Å². The van der Waals surface area contributed by atoms with Gasteiger partial charge in [0.2, 0.25) is 0 Å². The highest BCUT2D eigenvalue weighted by molar-refractivity contribution is 9.10. The second-order valence-corrected chi connectivity index (χ2v) is 14.3. The topological polar surface area (TPSA) is 31.2 Å². The second-order valence-electron chi connectivity index (χ2n) is 9.15. The van der Waals surface area contributed by atoms with Crippen molar-refractivity contribution in [3.8, 4) is 5.69 Å². The van der Waals surface area contributed by atoms with E-state index in [1.807, 2.05) is 22.8 Å². The average Bonchev–Trinajstić information content (AvgIpc) is 3.21. The van der Waals surface area contributed by atoms with Crippen LogP contribution in [-0.2, 0) is 11.0 Å². The van der Waals surface area contributed by atoms with E-state index in [0.717, 1.165) is 22.1 Å². The van der Waals surface area contributed by atoms with E-state index >= 15 is 0 Å². The molecule has 33 heavy (non-hydrogen) atoms. The van der Waals surface area contributed by atoms with Gasteiger partial charge >= 0.3 is 0 Å². The summed E-state index contributed by atoms with van der Waals surface area (Å²) in [5.74, 6) is 0. The number of aldehydes is 1. The van der Waals surface area contributed by atoms with E-state index in [2.05, 4.69) is 109 Å². The molecule has 0 aliphatic rings. The fraction of sp³-hybridized carbons (Fsp3) is 0.179. The van der Waals surface area contributed by atoms with E-state index in [1.54, 1.807) is 6.07 Å². The van der Waals surface area contributed by atoms with E-state index in [4.69, 9.17) is 4.43 Å². The lowest BCUT2D eigenvalue weighted by Crippen LogP contribution is -2.66. The molecule has 1 aromatic heterocycles. The monoisotopic (exact) mass is 517 g/mol. The molecular formula is C28H28BrNO2Si. The molecule has 0 saturated heterocycles. The molecule has 4 aromatic rings. The molecule has 0 N–H and O–H groups in total. The van der Waals surface area contributed by atoms with Gasteiger partial charge in [-0.2, -0.15) is 0 Å². The Morgan fingerprint density at radius 3 is 1.85 bits per heavy atom. The van der Waals surface area contributed by atoms with Crippen LogP contribution in [0.5, 0.6) is 0 Å². The Bertz CT molecular complexity index is 1170. The maximum atomic E-state index is 11.4. The molecule has 0 aliphatic carbocycles. The SMILES string of the molecule is CC(C)(C)[Si](OCc1ccc(-n2c(Br)ccc2C=O)cc1)(c1ccccc1)c1ccccc1.